The van der Waals surface area contributed by atoms with Crippen molar-refractivity contribution >= 4 is 23.9 Å². The molecule has 0 heterocycles. The first-order chi connectivity index (χ1) is 11.1. The Balaban J connectivity index is 4.99. The van der Waals surface area contributed by atoms with Crippen molar-refractivity contribution in [3.8, 4) is 0 Å². The van der Waals surface area contributed by atoms with Crippen molar-refractivity contribution in [2.75, 3.05) is 26.2 Å². The van der Waals surface area contributed by atoms with Gasteiger partial charge in [0.1, 0.15) is 0 Å². The molecular weight excluding hydrogens is 324 g/mol. The number of aliphatic carboxylic acids is 4. The number of carboxylic acids is 4. The highest BCUT2D eigenvalue weighted by atomic mass is 16.4. The minimum absolute atomic E-state index is 0.0838. The molecule has 138 valence electrons. The zero-order valence-electron chi connectivity index (χ0n) is 13.6. The first kappa shape index (κ1) is 21.8. The molecule has 0 aromatic rings. The van der Waals surface area contributed by atoms with Gasteiger partial charge in [-0.1, -0.05) is 0 Å². The lowest BCUT2D eigenvalue weighted by Crippen LogP contribution is -2.49. The van der Waals surface area contributed by atoms with E-state index >= 15 is 0 Å². The molecule has 0 fully saturated rings. The predicted molar refractivity (Wildman–Crippen MR) is 81.6 cm³/mol. The van der Waals surface area contributed by atoms with E-state index in [2.05, 4.69) is 0 Å². The van der Waals surface area contributed by atoms with Crippen molar-refractivity contribution in [3.63, 3.8) is 0 Å². The Kier molecular flexibility index (Phi) is 10.3. The van der Waals surface area contributed by atoms with Crippen molar-refractivity contribution in [1.29, 1.82) is 0 Å². The number of rotatable bonds is 14. The van der Waals surface area contributed by atoms with Crippen LogP contribution in [0.1, 0.15) is 32.6 Å². The lowest BCUT2D eigenvalue weighted by molar-refractivity contribution is -0.138. The van der Waals surface area contributed by atoms with Crippen LogP contribution in [-0.2, 0) is 19.2 Å². The summed E-state index contributed by atoms with van der Waals surface area (Å²) in [4.78, 5) is 46.2. The van der Waals surface area contributed by atoms with Crippen LogP contribution in [0.25, 0.3) is 0 Å². The molecule has 0 bridgehead atoms. The van der Waals surface area contributed by atoms with Crippen LogP contribution in [-0.4, -0.2) is 86.4 Å². The number of carbonyl (C=O) groups is 4. The van der Waals surface area contributed by atoms with Gasteiger partial charge in [-0.05, 0) is 6.92 Å². The summed E-state index contributed by atoms with van der Waals surface area (Å²) in [6.07, 6.45) is -1.28. The number of hydrogen-bond donors (Lipinski definition) is 4. The summed E-state index contributed by atoms with van der Waals surface area (Å²) in [5, 5.41) is 35.2. The fourth-order valence-electron chi connectivity index (χ4n) is 2.16. The Labute approximate surface area is 139 Å². The lowest BCUT2D eigenvalue weighted by Gasteiger charge is -2.37. The smallest absolute Gasteiger partial charge is 0.304 e. The third-order valence-corrected chi connectivity index (χ3v) is 3.51. The Bertz CT molecular complexity index is 378. The molecule has 0 radical (unpaired) electrons. The molecule has 0 rings (SSSR count). The van der Waals surface area contributed by atoms with E-state index in [0.29, 0.717) is 0 Å². The molecule has 0 aliphatic rings. The Hall–Kier alpha value is -2.20. The van der Waals surface area contributed by atoms with E-state index in [1.807, 2.05) is 0 Å². The third kappa shape index (κ3) is 10.5. The topological polar surface area (TPSA) is 156 Å². The Morgan fingerprint density at radius 1 is 0.625 bits per heavy atom. The van der Waals surface area contributed by atoms with Crippen LogP contribution in [0.15, 0.2) is 0 Å². The summed E-state index contributed by atoms with van der Waals surface area (Å²) in [6, 6.07) is 0. The molecule has 0 saturated heterocycles. The normalized spacial score (nSPS) is 11.2. The van der Waals surface area contributed by atoms with Crippen LogP contribution in [0.2, 0.25) is 0 Å². The van der Waals surface area contributed by atoms with Crippen molar-refractivity contribution in [2.45, 2.75) is 38.8 Å². The summed E-state index contributed by atoms with van der Waals surface area (Å²) in [6.45, 7) is 2.01. The average molecular weight is 348 g/mol. The maximum absolute atomic E-state index is 10.8. The maximum atomic E-state index is 10.8. The van der Waals surface area contributed by atoms with Crippen LogP contribution in [0.5, 0.6) is 0 Å². The second-order valence-corrected chi connectivity index (χ2v) is 5.28. The summed E-state index contributed by atoms with van der Waals surface area (Å²) >= 11 is 0. The highest BCUT2D eigenvalue weighted by Gasteiger charge is 2.23. The van der Waals surface area contributed by atoms with Crippen molar-refractivity contribution in [1.82, 2.24) is 9.80 Å². The highest BCUT2D eigenvalue weighted by Crippen LogP contribution is 2.10. The van der Waals surface area contributed by atoms with Gasteiger partial charge in [0.25, 0.3) is 0 Å². The van der Waals surface area contributed by atoms with Gasteiger partial charge in [-0.25, -0.2) is 0 Å². The molecule has 0 aliphatic carbocycles. The van der Waals surface area contributed by atoms with Crippen molar-refractivity contribution in [3.05, 3.63) is 0 Å². The van der Waals surface area contributed by atoms with Crippen LogP contribution >= 0.6 is 0 Å². The first-order valence-electron chi connectivity index (χ1n) is 7.48. The van der Waals surface area contributed by atoms with Gasteiger partial charge in [-0.2, -0.15) is 0 Å². The molecular formula is C14H24N2O8. The molecule has 0 atom stereocenters. The van der Waals surface area contributed by atoms with Crippen LogP contribution in [0.3, 0.4) is 0 Å². The van der Waals surface area contributed by atoms with E-state index in [4.69, 9.17) is 20.4 Å². The lowest BCUT2D eigenvalue weighted by atomic mass is 10.2. The van der Waals surface area contributed by atoms with E-state index in [1.165, 1.54) is 0 Å². The monoisotopic (exact) mass is 348 g/mol. The number of carboxylic acid groups (broad SMARTS) is 4. The molecule has 10 heteroatoms. The predicted octanol–water partition coefficient (Wildman–Crippen LogP) is -0.165. The van der Waals surface area contributed by atoms with E-state index in [-0.39, 0.29) is 51.9 Å². The summed E-state index contributed by atoms with van der Waals surface area (Å²) in [7, 11) is 0. The van der Waals surface area contributed by atoms with Gasteiger partial charge >= 0.3 is 23.9 Å². The summed E-state index contributed by atoms with van der Waals surface area (Å²) in [5.41, 5.74) is 0. The van der Waals surface area contributed by atoms with E-state index < -0.39 is 30.0 Å². The second-order valence-electron chi connectivity index (χ2n) is 5.28. The Morgan fingerprint density at radius 2 is 0.833 bits per heavy atom. The fourth-order valence-corrected chi connectivity index (χ4v) is 2.16. The quantitative estimate of drug-likeness (QED) is 0.311. The minimum Gasteiger partial charge on any atom is -0.481 e. The van der Waals surface area contributed by atoms with Crippen LogP contribution in [0, 0.1) is 0 Å². The number of nitrogens with zero attached hydrogens (tertiary/aromatic N) is 2. The molecule has 4 N–H and O–H groups in total. The first-order valence-corrected chi connectivity index (χ1v) is 7.48. The van der Waals surface area contributed by atoms with Gasteiger partial charge in [0.05, 0.1) is 31.8 Å². The van der Waals surface area contributed by atoms with Crippen LogP contribution in [0.4, 0.5) is 0 Å². The molecule has 0 aromatic carbocycles. The van der Waals surface area contributed by atoms with E-state index in [9.17, 15) is 19.2 Å². The molecule has 0 aliphatic heterocycles. The largest absolute Gasteiger partial charge is 0.481 e. The van der Waals surface area contributed by atoms with Gasteiger partial charge < -0.3 is 20.4 Å². The van der Waals surface area contributed by atoms with Gasteiger partial charge in [0.15, 0.2) is 0 Å². The standard InChI is InChI=1S/C14H24N2O8/c1-10(15(6-2-11(17)18)7-3-12(19)20)16(8-4-13(21)22)9-5-14(23)24/h10H,2-9H2,1H3,(H,17,18)(H,19,20)(H,21,22)(H,23,24). The minimum atomic E-state index is -1.04. The molecule has 0 amide bonds. The van der Waals surface area contributed by atoms with Crippen molar-refractivity contribution in [2.24, 2.45) is 0 Å². The third-order valence-electron chi connectivity index (χ3n) is 3.51. The molecule has 10 nitrogen and oxygen atoms in total. The Morgan fingerprint density at radius 3 is 1.00 bits per heavy atom. The van der Waals surface area contributed by atoms with E-state index in [0.717, 1.165) is 0 Å². The molecule has 0 spiro atoms. The zero-order chi connectivity index (χ0) is 18.7. The molecule has 0 saturated carbocycles. The second kappa shape index (κ2) is 11.4. The van der Waals surface area contributed by atoms with Gasteiger partial charge in [-0.3, -0.25) is 29.0 Å². The summed E-state index contributed by atoms with van der Waals surface area (Å²) < 4.78 is 0. The van der Waals surface area contributed by atoms with Crippen LogP contribution < -0.4 is 0 Å². The van der Waals surface area contributed by atoms with Gasteiger partial charge in [-0.15, -0.1) is 0 Å². The van der Waals surface area contributed by atoms with Gasteiger partial charge in [0.2, 0.25) is 0 Å². The van der Waals surface area contributed by atoms with Gasteiger partial charge in [0, 0.05) is 26.2 Å². The highest BCUT2D eigenvalue weighted by molar-refractivity contribution is 5.68. The molecule has 0 aromatic heterocycles. The molecule has 24 heavy (non-hydrogen) atoms. The van der Waals surface area contributed by atoms with Crippen molar-refractivity contribution < 1.29 is 39.6 Å². The number of hydrogen-bond acceptors (Lipinski definition) is 6. The SMILES string of the molecule is CC(N(CCC(=O)O)CCC(=O)O)N(CCC(=O)O)CCC(=O)O. The molecule has 0 unspecified atom stereocenters. The zero-order valence-corrected chi connectivity index (χ0v) is 13.6. The summed E-state index contributed by atoms with van der Waals surface area (Å²) in [5.74, 6) is -4.15. The average Bonchev–Trinajstić information content (AvgIpc) is 2.45. The fraction of sp³-hybridized carbons (Fsp3) is 0.714. The maximum Gasteiger partial charge on any atom is 0.304 e. The van der Waals surface area contributed by atoms with E-state index in [1.54, 1.807) is 16.7 Å².